The Balaban J connectivity index is 2.24. The van der Waals surface area contributed by atoms with Gasteiger partial charge in [0.25, 0.3) is 0 Å². The number of hydrogen-bond acceptors (Lipinski definition) is 5. The first-order valence-electron chi connectivity index (χ1n) is 6.44. The highest BCUT2D eigenvalue weighted by Gasteiger charge is 2.23. The highest BCUT2D eigenvalue weighted by molar-refractivity contribution is 5.94. The van der Waals surface area contributed by atoms with Gasteiger partial charge in [-0.05, 0) is 39.2 Å². The number of nitrogens with zero attached hydrogens (tertiary/aromatic N) is 2. The van der Waals surface area contributed by atoms with Gasteiger partial charge in [-0.2, -0.15) is 5.10 Å². The fraction of sp³-hybridized carbons (Fsp3) is 0.615. The van der Waals surface area contributed by atoms with E-state index < -0.39 is 5.97 Å². The molecular weight excluding hydrogens is 246 g/mol. The molecule has 1 fully saturated rings. The van der Waals surface area contributed by atoms with Crippen LogP contribution >= 0.6 is 0 Å². The number of carbonyl (C=O) groups is 1. The SMILES string of the molecule is Cc1nnc(NC2CCOC(C)C2)c(C(=O)O)c1C. The van der Waals surface area contributed by atoms with Gasteiger partial charge >= 0.3 is 5.97 Å². The highest BCUT2D eigenvalue weighted by atomic mass is 16.5. The maximum absolute atomic E-state index is 11.4. The van der Waals surface area contributed by atoms with Gasteiger partial charge in [0.15, 0.2) is 5.82 Å². The summed E-state index contributed by atoms with van der Waals surface area (Å²) in [6, 6.07) is 0.179. The van der Waals surface area contributed by atoms with Crippen LogP contribution in [0.25, 0.3) is 0 Å². The van der Waals surface area contributed by atoms with Crippen molar-refractivity contribution in [2.75, 3.05) is 11.9 Å². The molecule has 0 spiro atoms. The molecule has 2 rings (SSSR count). The van der Waals surface area contributed by atoms with E-state index in [0.717, 1.165) is 12.8 Å². The summed E-state index contributed by atoms with van der Waals surface area (Å²) >= 11 is 0. The lowest BCUT2D eigenvalue weighted by atomic mass is 10.0. The van der Waals surface area contributed by atoms with Crippen molar-refractivity contribution < 1.29 is 14.6 Å². The number of rotatable bonds is 3. The third-order valence-electron chi connectivity index (χ3n) is 3.49. The minimum absolute atomic E-state index is 0.179. The summed E-state index contributed by atoms with van der Waals surface area (Å²) in [6.45, 7) is 6.21. The number of aromatic carboxylic acids is 1. The second kappa shape index (κ2) is 5.52. The van der Waals surface area contributed by atoms with E-state index in [4.69, 9.17) is 4.74 Å². The molecule has 0 aliphatic carbocycles. The van der Waals surface area contributed by atoms with Crippen molar-refractivity contribution >= 4 is 11.8 Å². The van der Waals surface area contributed by atoms with Crippen molar-refractivity contribution in [3.8, 4) is 0 Å². The second-order valence-electron chi connectivity index (χ2n) is 4.99. The van der Waals surface area contributed by atoms with Crippen LogP contribution in [-0.4, -0.2) is 40.0 Å². The molecule has 6 nitrogen and oxygen atoms in total. The molecule has 0 saturated carbocycles. The van der Waals surface area contributed by atoms with Crippen molar-refractivity contribution in [2.24, 2.45) is 0 Å². The molecule has 19 heavy (non-hydrogen) atoms. The molecule has 1 saturated heterocycles. The van der Waals surface area contributed by atoms with Gasteiger partial charge in [0.05, 0.1) is 11.8 Å². The van der Waals surface area contributed by atoms with Crippen LogP contribution in [0.2, 0.25) is 0 Å². The Morgan fingerprint density at radius 1 is 1.42 bits per heavy atom. The van der Waals surface area contributed by atoms with Gasteiger partial charge in [-0.1, -0.05) is 0 Å². The Bertz CT molecular complexity index is 490. The lowest BCUT2D eigenvalue weighted by Crippen LogP contribution is -2.33. The standard InChI is InChI=1S/C13H19N3O3/c1-7-6-10(4-5-19-7)14-12-11(13(17)18)8(2)9(3)15-16-12/h7,10H,4-6H2,1-3H3,(H,14,16)(H,17,18). The Morgan fingerprint density at radius 3 is 2.79 bits per heavy atom. The summed E-state index contributed by atoms with van der Waals surface area (Å²) in [6.07, 6.45) is 1.87. The van der Waals surface area contributed by atoms with E-state index in [1.807, 2.05) is 6.92 Å². The predicted octanol–water partition coefficient (Wildman–Crippen LogP) is 1.77. The van der Waals surface area contributed by atoms with Gasteiger partial charge in [0, 0.05) is 12.6 Å². The van der Waals surface area contributed by atoms with E-state index in [-0.39, 0.29) is 17.7 Å². The summed E-state index contributed by atoms with van der Waals surface area (Å²) in [5.41, 5.74) is 1.51. The third kappa shape index (κ3) is 3.01. The Hall–Kier alpha value is -1.69. The monoisotopic (exact) mass is 265 g/mol. The van der Waals surface area contributed by atoms with E-state index in [1.165, 1.54) is 0 Å². The number of carboxylic acid groups (broad SMARTS) is 1. The maximum atomic E-state index is 11.4. The summed E-state index contributed by atoms with van der Waals surface area (Å²) in [4.78, 5) is 11.4. The predicted molar refractivity (Wildman–Crippen MR) is 70.5 cm³/mol. The molecule has 0 amide bonds. The fourth-order valence-electron chi connectivity index (χ4n) is 2.29. The Labute approximate surface area is 112 Å². The Kier molecular flexibility index (Phi) is 3.99. The first-order chi connectivity index (χ1) is 8.99. The largest absolute Gasteiger partial charge is 0.478 e. The third-order valence-corrected chi connectivity index (χ3v) is 3.49. The van der Waals surface area contributed by atoms with Gasteiger partial charge in [0.1, 0.15) is 5.56 Å². The van der Waals surface area contributed by atoms with Crippen LogP contribution in [0, 0.1) is 13.8 Å². The van der Waals surface area contributed by atoms with E-state index >= 15 is 0 Å². The smallest absolute Gasteiger partial charge is 0.339 e. The molecule has 2 N–H and O–H groups in total. The number of carboxylic acids is 1. The average Bonchev–Trinajstić information content (AvgIpc) is 2.33. The lowest BCUT2D eigenvalue weighted by Gasteiger charge is -2.28. The molecule has 2 atom stereocenters. The minimum atomic E-state index is -0.974. The zero-order valence-corrected chi connectivity index (χ0v) is 11.4. The molecule has 1 aromatic heterocycles. The van der Waals surface area contributed by atoms with Crippen LogP contribution in [0.1, 0.15) is 41.4 Å². The van der Waals surface area contributed by atoms with Crippen LogP contribution in [-0.2, 0) is 4.74 Å². The number of aromatic nitrogens is 2. The van der Waals surface area contributed by atoms with E-state index in [0.29, 0.717) is 23.7 Å². The second-order valence-corrected chi connectivity index (χ2v) is 4.99. The van der Waals surface area contributed by atoms with Crippen LogP contribution in [0.4, 0.5) is 5.82 Å². The molecule has 0 bridgehead atoms. The van der Waals surface area contributed by atoms with E-state index in [2.05, 4.69) is 15.5 Å². The van der Waals surface area contributed by atoms with Crippen molar-refractivity contribution in [2.45, 2.75) is 45.8 Å². The first-order valence-corrected chi connectivity index (χ1v) is 6.44. The molecule has 0 aromatic carbocycles. The Morgan fingerprint density at radius 2 is 2.16 bits per heavy atom. The quantitative estimate of drug-likeness (QED) is 0.866. The van der Waals surface area contributed by atoms with E-state index in [9.17, 15) is 9.90 Å². The van der Waals surface area contributed by atoms with Gasteiger partial charge in [0.2, 0.25) is 0 Å². The lowest BCUT2D eigenvalue weighted by molar-refractivity contribution is 0.0231. The van der Waals surface area contributed by atoms with Crippen molar-refractivity contribution in [1.29, 1.82) is 0 Å². The van der Waals surface area contributed by atoms with Gasteiger partial charge in [-0.15, -0.1) is 5.10 Å². The van der Waals surface area contributed by atoms with Gasteiger partial charge in [-0.25, -0.2) is 4.79 Å². The summed E-state index contributed by atoms with van der Waals surface area (Å²) in [7, 11) is 0. The zero-order valence-electron chi connectivity index (χ0n) is 11.4. The van der Waals surface area contributed by atoms with Gasteiger partial charge < -0.3 is 15.2 Å². The molecule has 104 valence electrons. The molecule has 0 radical (unpaired) electrons. The minimum Gasteiger partial charge on any atom is -0.478 e. The summed E-state index contributed by atoms with van der Waals surface area (Å²) in [5.74, 6) is -0.618. The highest BCUT2D eigenvalue weighted by Crippen LogP contribution is 2.22. The number of ether oxygens (including phenoxy) is 1. The molecule has 1 aromatic rings. The maximum Gasteiger partial charge on any atom is 0.339 e. The number of anilines is 1. The topological polar surface area (TPSA) is 84.3 Å². The molecule has 1 aliphatic rings. The molecular formula is C13H19N3O3. The molecule has 1 aliphatic heterocycles. The normalized spacial score (nSPS) is 23.1. The number of nitrogens with one attached hydrogen (secondary N) is 1. The average molecular weight is 265 g/mol. The molecule has 2 heterocycles. The van der Waals surface area contributed by atoms with Crippen molar-refractivity contribution in [3.05, 3.63) is 16.8 Å². The van der Waals surface area contributed by atoms with Crippen molar-refractivity contribution in [1.82, 2.24) is 10.2 Å². The number of hydrogen-bond donors (Lipinski definition) is 2. The van der Waals surface area contributed by atoms with Crippen LogP contribution < -0.4 is 5.32 Å². The first kappa shape index (κ1) is 13.7. The summed E-state index contributed by atoms with van der Waals surface area (Å²) in [5, 5.41) is 20.5. The fourth-order valence-corrected chi connectivity index (χ4v) is 2.29. The van der Waals surface area contributed by atoms with Crippen LogP contribution in [0.15, 0.2) is 0 Å². The van der Waals surface area contributed by atoms with Crippen molar-refractivity contribution in [3.63, 3.8) is 0 Å². The van der Waals surface area contributed by atoms with Gasteiger partial charge in [-0.3, -0.25) is 0 Å². The zero-order chi connectivity index (χ0) is 14.0. The molecule has 6 heteroatoms. The van der Waals surface area contributed by atoms with E-state index in [1.54, 1.807) is 13.8 Å². The summed E-state index contributed by atoms with van der Waals surface area (Å²) < 4.78 is 5.47. The van der Waals surface area contributed by atoms with Crippen LogP contribution in [0.3, 0.4) is 0 Å². The molecule has 2 unspecified atom stereocenters. The number of aryl methyl sites for hydroxylation is 1. The van der Waals surface area contributed by atoms with Crippen LogP contribution in [0.5, 0.6) is 0 Å².